The van der Waals surface area contributed by atoms with Crippen LogP contribution in [0.4, 0.5) is 11.9 Å². The SMILES string of the molecule is CCCNc1nc(Cl)nc(NCC(C)N2CCCC2)n1. The molecule has 0 spiro atoms. The summed E-state index contributed by atoms with van der Waals surface area (Å²) in [5.41, 5.74) is 0. The Morgan fingerprint density at radius 3 is 2.45 bits per heavy atom. The molecule has 1 fully saturated rings. The van der Waals surface area contributed by atoms with Gasteiger partial charge in [0, 0.05) is 19.1 Å². The highest BCUT2D eigenvalue weighted by atomic mass is 35.5. The number of rotatable bonds is 7. The molecule has 0 bridgehead atoms. The van der Waals surface area contributed by atoms with E-state index in [0.29, 0.717) is 17.9 Å². The molecule has 1 aliphatic heterocycles. The second kappa shape index (κ2) is 7.59. The first-order valence-electron chi connectivity index (χ1n) is 7.32. The molecule has 1 aliphatic rings. The molecular formula is C13H23ClN6. The predicted molar refractivity (Wildman–Crippen MR) is 82.4 cm³/mol. The fourth-order valence-corrected chi connectivity index (χ4v) is 2.46. The molecule has 1 unspecified atom stereocenters. The Bertz CT molecular complexity index is 421. The molecule has 0 radical (unpaired) electrons. The quantitative estimate of drug-likeness (QED) is 0.805. The van der Waals surface area contributed by atoms with Crippen LogP contribution in [0.3, 0.4) is 0 Å². The van der Waals surface area contributed by atoms with E-state index in [1.54, 1.807) is 0 Å². The molecule has 1 atom stereocenters. The largest absolute Gasteiger partial charge is 0.354 e. The lowest BCUT2D eigenvalue weighted by atomic mass is 10.3. The average molecular weight is 299 g/mol. The van der Waals surface area contributed by atoms with Gasteiger partial charge in [0.25, 0.3) is 0 Å². The van der Waals surface area contributed by atoms with Crippen molar-refractivity contribution in [2.75, 3.05) is 36.8 Å². The first-order valence-corrected chi connectivity index (χ1v) is 7.70. The number of anilines is 2. The van der Waals surface area contributed by atoms with Gasteiger partial charge in [-0.25, -0.2) is 0 Å². The zero-order chi connectivity index (χ0) is 14.4. The van der Waals surface area contributed by atoms with Gasteiger partial charge in [-0.15, -0.1) is 0 Å². The van der Waals surface area contributed by atoms with Crippen molar-refractivity contribution in [3.8, 4) is 0 Å². The van der Waals surface area contributed by atoms with Crippen molar-refractivity contribution >= 4 is 23.5 Å². The second-order valence-electron chi connectivity index (χ2n) is 5.15. The lowest BCUT2D eigenvalue weighted by Gasteiger charge is -2.23. The van der Waals surface area contributed by atoms with E-state index in [1.165, 1.54) is 25.9 Å². The summed E-state index contributed by atoms with van der Waals surface area (Å²) in [6, 6.07) is 0.472. The lowest BCUT2D eigenvalue weighted by molar-refractivity contribution is 0.269. The third kappa shape index (κ3) is 4.45. The van der Waals surface area contributed by atoms with Crippen molar-refractivity contribution in [2.24, 2.45) is 0 Å². The number of halogens is 1. The highest BCUT2D eigenvalue weighted by Gasteiger charge is 2.18. The number of hydrogen-bond donors (Lipinski definition) is 2. The van der Waals surface area contributed by atoms with E-state index in [0.717, 1.165) is 19.5 Å². The zero-order valence-electron chi connectivity index (χ0n) is 12.2. The molecule has 112 valence electrons. The van der Waals surface area contributed by atoms with Crippen LogP contribution in [-0.4, -0.2) is 52.1 Å². The van der Waals surface area contributed by atoms with Crippen molar-refractivity contribution in [3.05, 3.63) is 5.28 Å². The van der Waals surface area contributed by atoms with Gasteiger partial charge in [0.05, 0.1) is 0 Å². The van der Waals surface area contributed by atoms with Gasteiger partial charge in [-0.05, 0) is 50.9 Å². The van der Waals surface area contributed by atoms with Gasteiger partial charge < -0.3 is 10.6 Å². The van der Waals surface area contributed by atoms with Gasteiger partial charge in [0.1, 0.15) is 0 Å². The van der Waals surface area contributed by atoms with Crippen molar-refractivity contribution in [1.82, 2.24) is 19.9 Å². The van der Waals surface area contributed by atoms with E-state index < -0.39 is 0 Å². The minimum absolute atomic E-state index is 0.218. The fourth-order valence-electron chi connectivity index (χ4n) is 2.30. The lowest BCUT2D eigenvalue weighted by Crippen LogP contribution is -2.35. The van der Waals surface area contributed by atoms with Crippen LogP contribution in [0.15, 0.2) is 0 Å². The maximum atomic E-state index is 5.92. The summed E-state index contributed by atoms with van der Waals surface area (Å²) in [5, 5.41) is 6.59. The summed E-state index contributed by atoms with van der Waals surface area (Å²) in [7, 11) is 0. The fraction of sp³-hybridized carbons (Fsp3) is 0.769. The highest BCUT2D eigenvalue weighted by Crippen LogP contribution is 2.13. The van der Waals surface area contributed by atoms with Crippen LogP contribution in [0.5, 0.6) is 0 Å². The smallest absolute Gasteiger partial charge is 0.228 e. The van der Waals surface area contributed by atoms with E-state index in [9.17, 15) is 0 Å². The molecule has 0 saturated carbocycles. The Balaban J connectivity index is 1.89. The van der Waals surface area contributed by atoms with Crippen molar-refractivity contribution in [3.63, 3.8) is 0 Å². The molecule has 20 heavy (non-hydrogen) atoms. The van der Waals surface area contributed by atoms with Crippen LogP contribution in [0.25, 0.3) is 0 Å². The molecule has 6 nitrogen and oxygen atoms in total. The minimum atomic E-state index is 0.218. The van der Waals surface area contributed by atoms with E-state index >= 15 is 0 Å². The standard InChI is InChI=1S/C13H23ClN6/c1-3-6-15-12-17-11(14)18-13(19-12)16-9-10(2)20-7-4-5-8-20/h10H,3-9H2,1-2H3,(H2,15,16,17,18,19). The van der Waals surface area contributed by atoms with Crippen molar-refractivity contribution < 1.29 is 0 Å². The molecule has 0 amide bonds. The van der Waals surface area contributed by atoms with Crippen LogP contribution in [0, 0.1) is 0 Å². The number of aromatic nitrogens is 3. The third-order valence-electron chi connectivity index (χ3n) is 3.46. The third-order valence-corrected chi connectivity index (χ3v) is 3.63. The van der Waals surface area contributed by atoms with Gasteiger partial charge in [-0.1, -0.05) is 6.92 Å². The zero-order valence-corrected chi connectivity index (χ0v) is 12.9. The van der Waals surface area contributed by atoms with Crippen LogP contribution < -0.4 is 10.6 Å². The Morgan fingerprint density at radius 2 is 1.80 bits per heavy atom. The number of hydrogen-bond acceptors (Lipinski definition) is 6. The van der Waals surface area contributed by atoms with Crippen molar-refractivity contribution in [1.29, 1.82) is 0 Å². The van der Waals surface area contributed by atoms with Gasteiger partial charge in [-0.2, -0.15) is 15.0 Å². The maximum Gasteiger partial charge on any atom is 0.228 e. The average Bonchev–Trinajstić information content (AvgIpc) is 2.96. The molecule has 7 heteroatoms. The molecular weight excluding hydrogens is 276 g/mol. The summed E-state index contributed by atoms with van der Waals surface area (Å²) in [4.78, 5) is 15.0. The Kier molecular flexibility index (Phi) is 5.79. The molecule has 2 rings (SSSR count). The highest BCUT2D eigenvalue weighted by molar-refractivity contribution is 6.28. The summed E-state index contributed by atoms with van der Waals surface area (Å²) >= 11 is 5.92. The van der Waals surface area contributed by atoms with E-state index in [1.807, 2.05) is 0 Å². The molecule has 0 aromatic carbocycles. The normalized spacial score (nSPS) is 17.1. The van der Waals surface area contributed by atoms with Crippen molar-refractivity contribution in [2.45, 2.75) is 39.2 Å². The van der Waals surface area contributed by atoms with Crippen LogP contribution in [0.2, 0.25) is 5.28 Å². The molecule has 2 heterocycles. The van der Waals surface area contributed by atoms with Crippen LogP contribution in [0.1, 0.15) is 33.1 Å². The first kappa shape index (κ1) is 15.3. The molecule has 2 N–H and O–H groups in total. The van der Waals surface area contributed by atoms with Gasteiger partial charge in [0.15, 0.2) is 0 Å². The minimum Gasteiger partial charge on any atom is -0.354 e. The second-order valence-corrected chi connectivity index (χ2v) is 5.49. The molecule has 0 aliphatic carbocycles. The summed E-state index contributed by atoms with van der Waals surface area (Å²) in [5.74, 6) is 1.07. The molecule has 1 saturated heterocycles. The van der Waals surface area contributed by atoms with Gasteiger partial charge >= 0.3 is 0 Å². The Labute approximate surface area is 125 Å². The van der Waals surface area contributed by atoms with E-state index in [2.05, 4.69) is 44.3 Å². The maximum absolute atomic E-state index is 5.92. The molecule has 1 aromatic heterocycles. The number of nitrogens with one attached hydrogen (secondary N) is 2. The monoisotopic (exact) mass is 298 g/mol. The first-order chi connectivity index (χ1) is 9.69. The van der Waals surface area contributed by atoms with Gasteiger partial charge in [-0.3, -0.25) is 4.90 Å². The van der Waals surface area contributed by atoms with Crippen LogP contribution in [-0.2, 0) is 0 Å². The number of likely N-dealkylation sites (tertiary alicyclic amines) is 1. The van der Waals surface area contributed by atoms with Crippen LogP contribution >= 0.6 is 11.6 Å². The summed E-state index contributed by atoms with van der Waals surface area (Å²) < 4.78 is 0. The topological polar surface area (TPSA) is 66.0 Å². The summed E-state index contributed by atoms with van der Waals surface area (Å²) in [6.45, 7) is 8.32. The van der Waals surface area contributed by atoms with E-state index in [4.69, 9.17) is 11.6 Å². The van der Waals surface area contributed by atoms with E-state index in [-0.39, 0.29) is 5.28 Å². The number of nitrogens with zero attached hydrogens (tertiary/aromatic N) is 4. The Morgan fingerprint density at radius 1 is 1.15 bits per heavy atom. The van der Waals surface area contributed by atoms with Gasteiger partial charge in [0.2, 0.25) is 17.2 Å². The predicted octanol–water partition coefficient (Wildman–Crippen LogP) is 2.24. The summed E-state index contributed by atoms with van der Waals surface area (Å²) in [6.07, 6.45) is 3.61. The molecule has 1 aromatic rings. The Hall–Kier alpha value is -1.14.